The van der Waals surface area contributed by atoms with Crippen molar-refractivity contribution in [3.8, 4) is 34.6 Å². The number of phenolic OH excluding ortho intramolecular Hbond substituents is 1. The van der Waals surface area contributed by atoms with Crippen LogP contribution in [0.25, 0.3) is 5.65 Å². The molecule has 9 heteroatoms. The SMILES string of the molecule is COc1ccc(C2c3ccc(O)cc3Oc3ncn4nc(COc5ccccc5OC)nc4c32)cc1. The van der Waals surface area contributed by atoms with Crippen molar-refractivity contribution >= 4 is 5.65 Å². The molecule has 9 nitrogen and oxygen atoms in total. The Morgan fingerprint density at radius 3 is 2.56 bits per heavy atom. The summed E-state index contributed by atoms with van der Waals surface area (Å²) in [7, 11) is 3.23. The van der Waals surface area contributed by atoms with Crippen LogP contribution in [-0.2, 0) is 6.61 Å². The Kier molecular flexibility index (Phi) is 5.29. The van der Waals surface area contributed by atoms with Crippen LogP contribution in [0.1, 0.15) is 28.4 Å². The summed E-state index contributed by atoms with van der Waals surface area (Å²) in [6.07, 6.45) is 1.56. The highest BCUT2D eigenvalue weighted by atomic mass is 16.5. The van der Waals surface area contributed by atoms with Crippen LogP contribution in [-0.4, -0.2) is 38.9 Å². The fourth-order valence-corrected chi connectivity index (χ4v) is 4.43. The van der Waals surface area contributed by atoms with Crippen molar-refractivity contribution in [3.05, 3.63) is 95.6 Å². The molecule has 1 atom stereocenters. The molecular formula is C27H22N4O5. The number of phenols is 1. The highest BCUT2D eigenvalue weighted by Crippen LogP contribution is 2.48. The minimum atomic E-state index is -0.251. The zero-order valence-corrected chi connectivity index (χ0v) is 19.6. The van der Waals surface area contributed by atoms with Crippen LogP contribution in [0.4, 0.5) is 0 Å². The molecule has 0 bridgehead atoms. The van der Waals surface area contributed by atoms with Gasteiger partial charge in [-0.2, -0.15) is 0 Å². The fourth-order valence-electron chi connectivity index (χ4n) is 4.43. The summed E-state index contributed by atoms with van der Waals surface area (Å²) in [6.45, 7) is 0.148. The van der Waals surface area contributed by atoms with Gasteiger partial charge in [-0.3, -0.25) is 0 Å². The van der Waals surface area contributed by atoms with Crippen LogP contribution in [0.15, 0.2) is 73.1 Å². The standard InChI is InChI=1S/C27H22N4O5/c1-33-18-10-7-16(8-11-18)24-19-12-9-17(32)13-22(19)36-27-25(24)26-29-23(30-31(26)15-28-27)14-35-21-6-4-3-5-20(21)34-2/h3-13,15,24,32H,14H2,1-2H3. The van der Waals surface area contributed by atoms with Crippen molar-refractivity contribution in [2.75, 3.05) is 14.2 Å². The molecule has 1 aliphatic rings. The maximum Gasteiger partial charge on any atom is 0.228 e. The van der Waals surface area contributed by atoms with Gasteiger partial charge in [0.05, 0.1) is 19.8 Å². The maximum atomic E-state index is 10.1. The second-order valence-corrected chi connectivity index (χ2v) is 8.23. The minimum Gasteiger partial charge on any atom is -0.508 e. The molecule has 2 aromatic heterocycles. The predicted molar refractivity (Wildman–Crippen MR) is 130 cm³/mol. The zero-order valence-electron chi connectivity index (χ0n) is 19.6. The molecule has 0 amide bonds. The lowest BCUT2D eigenvalue weighted by atomic mass is 9.84. The van der Waals surface area contributed by atoms with E-state index < -0.39 is 0 Å². The number of nitrogens with zero attached hydrogens (tertiary/aromatic N) is 4. The van der Waals surface area contributed by atoms with Gasteiger partial charge in [0.15, 0.2) is 23.0 Å². The molecule has 3 heterocycles. The summed E-state index contributed by atoms with van der Waals surface area (Å²) in [4.78, 5) is 9.30. The number of benzene rings is 3. The van der Waals surface area contributed by atoms with Crippen LogP contribution in [0.5, 0.6) is 34.6 Å². The van der Waals surface area contributed by atoms with E-state index in [1.165, 1.54) is 0 Å². The van der Waals surface area contributed by atoms with Crippen molar-refractivity contribution in [2.45, 2.75) is 12.5 Å². The third-order valence-corrected chi connectivity index (χ3v) is 6.11. The minimum absolute atomic E-state index is 0.116. The van der Waals surface area contributed by atoms with Gasteiger partial charge < -0.3 is 24.1 Å². The maximum absolute atomic E-state index is 10.1. The Hall–Kier alpha value is -4.79. The fraction of sp³-hybridized carbons (Fsp3) is 0.148. The van der Waals surface area contributed by atoms with Gasteiger partial charge in [-0.15, -0.1) is 5.10 Å². The Morgan fingerprint density at radius 2 is 1.78 bits per heavy atom. The molecule has 0 fully saturated rings. The first-order valence-corrected chi connectivity index (χ1v) is 11.3. The van der Waals surface area contributed by atoms with E-state index in [9.17, 15) is 5.11 Å². The van der Waals surface area contributed by atoms with E-state index in [2.05, 4.69) is 10.1 Å². The Balaban J connectivity index is 1.44. The first kappa shape index (κ1) is 21.7. The van der Waals surface area contributed by atoms with Crippen LogP contribution in [0.2, 0.25) is 0 Å². The number of aromatic hydroxyl groups is 1. The van der Waals surface area contributed by atoms with Gasteiger partial charge in [0.1, 0.15) is 30.2 Å². The average Bonchev–Trinajstić information content (AvgIpc) is 3.34. The van der Waals surface area contributed by atoms with E-state index in [4.69, 9.17) is 23.9 Å². The highest BCUT2D eigenvalue weighted by molar-refractivity contribution is 5.66. The van der Waals surface area contributed by atoms with Crippen molar-refractivity contribution in [1.29, 1.82) is 0 Å². The van der Waals surface area contributed by atoms with E-state index in [1.54, 1.807) is 37.2 Å². The van der Waals surface area contributed by atoms with E-state index in [0.29, 0.717) is 34.6 Å². The lowest BCUT2D eigenvalue weighted by Gasteiger charge is -2.28. The predicted octanol–water partition coefficient (Wildman–Crippen LogP) is 4.71. The smallest absolute Gasteiger partial charge is 0.228 e. The highest BCUT2D eigenvalue weighted by Gasteiger charge is 2.33. The third kappa shape index (κ3) is 3.70. The lowest BCUT2D eigenvalue weighted by Crippen LogP contribution is -2.15. The number of para-hydroxylation sites is 2. The third-order valence-electron chi connectivity index (χ3n) is 6.11. The van der Waals surface area contributed by atoms with Gasteiger partial charge in [0.25, 0.3) is 0 Å². The van der Waals surface area contributed by atoms with Gasteiger partial charge >= 0.3 is 0 Å². The molecule has 1 unspecified atom stereocenters. The molecule has 180 valence electrons. The van der Waals surface area contributed by atoms with Gasteiger partial charge in [-0.1, -0.05) is 30.3 Å². The average molecular weight is 482 g/mol. The number of methoxy groups -OCH3 is 2. The topological polar surface area (TPSA) is 100 Å². The van der Waals surface area contributed by atoms with Crippen molar-refractivity contribution in [2.24, 2.45) is 0 Å². The molecule has 6 rings (SSSR count). The largest absolute Gasteiger partial charge is 0.508 e. The van der Waals surface area contributed by atoms with Crippen LogP contribution in [0.3, 0.4) is 0 Å². The molecule has 1 N–H and O–H groups in total. The summed E-state index contributed by atoms with van der Waals surface area (Å²) in [5.41, 5.74) is 3.27. The summed E-state index contributed by atoms with van der Waals surface area (Å²) < 4.78 is 24.4. The van der Waals surface area contributed by atoms with E-state index in [-0.39, 0.29) is 18.3 Å². The van der Waals surface area contributed by atoms with E-state index in [1.807, 2.05) is 54.6 Å². The van der Waals surface area contributed by atoms with E-state index >= 15 is 0 Å². The molecule has 1 aliphatic heterocycles. The van der Waals surface area contributed by atoms with E-state index in [0.717, 1.165) is 22.4 Å². The molecule has 0 radical (unpaired) electrons. The Bertz CT molecular complexity index is 1570. The molecule has 36 heavy (non-hydrogen) atoms. The number of rotatable bonds is 6. The molecule has 0 saturated heterocycles. The number of aromatic nitrogens is 4. The summed E-state index contributed by atoms with van der Waals surface area (Å²) >= 11 is 0. The number of fused-ring (bicyclic) bond motifs is 4. The van der Waals surface area contributed by atoms with Crippen LogP contribution in [0, 0.1) is 0 Å². The summed E-state index contributed by atoms with van der Waals surface area (Å²) in [5, 5.41) is 14.6. The van der Waals surface area contributed by atoms with Crippen LogP contribution < -0.4 is 18.9 Å². The van der Waals surface area contributed by atoms with Crippen LogP contribution >= 0.6 is 0 Å². The normalized spacial score (nSPS) is 14.0. The Morgan fingerprint density at radius 1 is 0.972 bits per heavy atom. The van der Waals surface area contributed by atoms with Crippen molar-refractivity contribution < 1.29 is 24.1 Å². The second kappa shape index (κ2) is 8.77. The lowest BCUT2D eigenvalue weighted by molar-refractivity contribution is 0.276. The second-order valence-electron chi connectivity index (χ2n) is 8.23. The first-order valence-electron chi connectivity index (χ1n) is 11.3. The van der Waals surface area contributed by atoms with Gasteiger partial charge in [-0.05, 0) is 35.9 Å². The zero-order chi connectivity index (χ0) is 24.6. The molecule has 0 spiro atoms. The van der Waals surface area contributed by atoms with Gasteiger partial charge in [-0.25, -0.2) is 14.5 Å². The van der Waals surface area contributed by atoms with Gasteiger partial charge in [0.2, 0.25) is 5.88 Å². The molecule has 0 saturated carbocycles. The molecule has 3 aromatic carbocycles. The number of hydrogen-bond donors (Lipinski definition) is 1. The summed E-state index contributed by atoms with van der Waals surface area (Å²) in [6, 6.07) is 20.3. The molecule has 0 aliphatic carbocycles. The Labute approximate surface area is 206 Å². The van der Waals surface area contributed by atoms with Crippen molar-refractivity contribution in [3.63, 3.8) is 0 Å². The first-order chi connectivity index (χ1) is 17.6. The number of hydrogen-bond acceptors (Lipinski definition) is 8. The van der Waals surface area contributed by atoms with Crippen molar-refractivity contribution in [1.82, 2.24) is 19.6 Å². The molecule has 5 aromatic rings. The number of ether oxygens (including phenoxy) is 4. The monoisotopic (exact) mass is 482 g/mol. The quantitative estimate of drug-likeness (QED) is 0.364. The molecular weight excluding hydrogens is 460 g/mol. The van der Waals surface area contributed by atoms with Gasteiger partial charge in [0, 0.05) is 17.5 Å². The summed E-state index contributed by atoms with van der Waals surface area (Å²) in [5.74, 6) is 3.29.